The summed E-state index contributed by atoms with van der Waals surface area (Å²) in [6, 6.07) is 10.0. The van der Waals surface area contributed by atoms with Gasteiger partial charge >= 0.3 is 0 Å². The lowest BCUT2D eigenvalue weighted by Crippen LogP contribution is -2.57. The molecule has 1 saturated carbocycles. The van der Waals surface area contributed by atoms with Gasteiger partial charge in [0.25, 0.3) is 5.95 Å². The first-order valence-electron chi connectivity index (χ1n) is 10.1. The molecule has 0 N–H and O–H groups in total. The molecule has 2 aliphatic rings. The molecule has 0 spiro atoms. The molecule has 8 heteroatoms. The third-order valence-corrected chi connectivity index (χ3v) is 5.92. The first-order valence-corrected chi connectivity index (χ1v) is 10.1. The Bertz CT molecular complexity index is 1040. The Morgan fingerprint density at radius 2 is 1.93 bits per heavy atom. The van der Waals surface area contributed by atoms with Gasteiger partial charge in [-0.2, -0.15) is 14.8 Å². The van der Waals surface area contributed by atoms with Crippen LogP contribution in [-0.4, -0.2) is 49.8 Å². The Kier molecular flexibility index (Phi) is 4.26. The molecule has 8 nitrogen and oxygen atoms in total. The Morgan fingerprint density at radius 1 is 1.14 bits per heavy atom. The maximum Gasteiger partial charge on any atom is 0.254 e. The van der Waals surface area contributed by atoms with E-state index in [1.165, 1.54) is 12.7 Å². The van der Waals surface area contributed by atoms with Crippen LogP contribution in [0.1, 0.15) is 32.6 Å². The molecule has 148 valence electrons. The van der Waals surface area contributed by atoms with Crippen LogP contribution >= 0.6 is 0 Å². The smallest absolute Gasteiger partial charge is 0.254 e. The van der Waals surface area contributed by atoms with E-state index in [9.17, 15) is 4.79 Å². The van der Waals surface area contributed by atoms with Crippen molar-refractivity contribution in [3.63, 3.8) is 0 Å². The average Bonchev–Trinajstić information content (AvgIpc) is 3.21. The predicted octanol–water partition coefficient (Wildman–Crippen LogP) is 2.84. The van der Waals surface area contributed by atoms with Crippen molar-refractivity contribution < 1.29 is 4.79 Å². The number of fused-ring (bicyclic) bond motifs is 1. The second-order valence-corrected chi connectivity index (χ2v) is 7.55. The summed E-state index contributed by atoms with van der Waals surface area (Å²) in [5.41, 5.74) is 1.69. The third-order valence-electron chi connectivity index (χ3n) is 5.92. The molecule has 1 amide bonds. The number of likely N-dealkylation sites (N-methyl/N-ethyl adjacent to an activating group) is 1. The van der Waals surface area contributed by atoms with E-state index in [0.717, 1.165) is 36.3 Å². The van der Waals surface area contributed by atoms with Gasteiger partial charge in [0.05, 0.1) is 6.20 Å². The fraction of sp³-hybridized carbons (Fsp3) is 0.381. The molecular formula is C21H23N7O. The van der Waals surface area contributed by atoms with Crippen molar-refractivity contribution in [1.82, 2.24) is 24.7 Å². The highest BCUT2D eigenvalue weighted by Gasteiger charge is 2.42. The molecule has 0 radical (unpaired) electrons. The largest absolute Gasteiger partial charge is 0.340 e. The van der Waals surface area contributed by atoms with Crippen LogP contribution in [0.25, 0.3) is 17.3 Å². The van der Waals surface area contributed by atoms with Crippen molar-refractivity contribution >= 4 is 17.4 Å². The zero-order chi connectivity index (χ0) is 20.0. The number of benzene rings is 1. The Labute approximate surface area is 169 Å². The minimum absolute atomic E-state index is 0.106. The number of hydrogen-bond donors (Lipinski definition) is 0. The first kappa shape index (κ1) is 17.8. The maximum absolute atomic E-state index is 12.9. The van der Waals surface area contributed by atoms with Crippen molar-refractivity contribution in [1.29, 1.82) is 0 Å². The number of hydrogen-bond acceptors (Lipinski definition) is 6. The lowest BCUT2D eigenvalue weighted by molar-refractivity contribution is -0.120. The Morgan fingerprint density at radius 3 is 2.62 bits per heavy atom. The summed E-state index contributed by atoms with van der Waals surface area (Å²) >= 11 is 0. The average molecular weight is 389 g/mol. The second kappa shape index (κ2) is 6.95. The van der Waals surface area contributed by atoms with Gasteiger partial charge in [-0.1, -0.05) is 37.3 Å². The summed E-state index contributed by atoms with van der Waals surface area (Å²) in [5.74, 6) is 2.06. The standard InChI is InChI=1S/C21H23N7O/c1-3-16-20(29)26(2)17-12-22-21(25-19(17)27(16)15-10-7-11-15)28-18(23-13-24-28)14-8-5-4-6-9-14/h4-6,8-9,12-13,15-16H,3,7,10-11H2,1-2H3/t16-/m1/s1. The first-order chi connectivity index (χ1) is 14.2. The van der Waals surface area contributed by atoms with E-state index >= 15 is 0 Å². The van der Waals surface area contributed by atoms with E-state index in [2.05, 4.69) is 26.9 Å². The number of rotatable bonds is 4. The van der Waals surface area contributed by atoms with Crippen LogP contribution in [0.4, 0.5) is 11.5 Å². The van der Waals surface area contributed by atoms with Gasteiger partial charge in [-0.05, 0) is 25.7 Å². The molecule has 3 aromatic rings. The topological polar surface area (TPSA) is 80.0 Å². The molecule has 0 unspecified atom stereocenters. The van der Waals surface area contributed by atoms with Crippen LogP contribution in [0, 0.1) is 0 Å². The van der Waals surface area contributed by atoms with Crippen LogP contribution in [-0.2, 0) is 4.79 Å². The van der Waals surface area contributed by atoms with Crippen molar-refractivity contribution in [3.05, 3.63) is 42.9 Å². The number of nitrogens with zero attached hydrogens (tertiary/aromatic N) is 7. The van der Waals surface area contributed by atoms with Gasteiger partial charge in [0, 0.05) is 18.7 Å². The van der Waals surface area contributed by atoms with Crippen LogP contribution < -0.4 is 9.80 Å². The van der Waals surface area contributed by atoms with Crippen molar-refractivity contribution in [2.75, 3.05) is 16.8 Å². The van der Waals surface area contributed by atoms with Gasteiger partial charge in [-0.25, -0.2) is 9.97 Å². The van der Waals surface area contributed by atoms with Crippen LogP contribution in [0.5, 0.6) is 0 Å². The Balaban J connectivity index is 1.63. The highest BCUT2D eigenvalue weighted by Crippen LogP contribution is 2.40. The molecule has 5 rings (SSSR count). The van der Waals surface area contributed by atoms with Crippen molar-refractivity contribution in [2.24, 2.45) is 0 Å². The lowest BCUT2D eigenvalue weighted by Gasteiger charge is -2.47. The maximum atomic E-state index is 12.9. The van der Waals surface area contributed by atoms with Gasteiger partial charge in [0.15, 0.2) is 11.6 Å². The molecule has 1 aromatic carbocycles. The second-order valence-electron chi connectivity index (χ2n) is 7.55. The van der Waals surface area contributed by atoms with E-state index in [1.54, 1.807) is 22.8 Å². The summed E-state index contributed by atoms with van der Waals surface area (Å²) in [7, 11) is 1.80. The van der Waals surface area contributed by atoms with E-state index < -0.39 is 0 Å². The summed E-state index contributed by atoms with van der Waals surface area (Å²) in [4.78, 5) is 30.6. The van der Waals surface area contributed by atoms with Gasteiger partial charge in [0.2, 0.25) is 5.91 Å². The van der Waals surface area contributed by atoms with Gasteiger partial charge in [-0.15, -0.1) is 0 Å². The molecule has 0 bridgehead atoms. The van der Waals surface area contributed by atoms with E-state index in [-0.39, 0.29) is 11.9 Å². The molecule has 0 saturated heterocycles. The van der Waals surface area contributed by atoms with Gasteiger partial charge in [0.1, 0.15) is 18.1 Å². The summed E-state index contributed by atoms with van der Waals surface area (Å²) < 4.78 is 1.66. The zero-order valence-corrected chi connectivity index (χ0v) is 16.6. The summed E-state index contributed by atoms with van der Waals surface area (Å²) in [5, 5.41) is 4.37. The Hall–Kier alpha value is -3.29. The highest BCUT2D eigenvalue weighted by atomic mass is 16.2. The quantitative estimate of drug-likeness (QED) is 0.683. The lowest BCUT2D eigenvalue weighted by atomic mass is 9.88. The van der Waals surface area contributed by atoms with Gasteiger partial charge in [-0.3, -0.25) is 4.79 Å². The minimum atomic E-state index is -0.190. The van der Waals surface area contributed by atoms with Crippen LogP contribution in [0.3, 0.4) is 0 Å². The molecular weight excluding hydrogens is 366 g/mol. The third kappa shape index (κ3) is 2.78. The fourth-order valence-corrected chi connectivity index (χ4v) is 4.13. The monoisotopic (exact) mass is 389 g/mol. The molecule has 1 aliphatic carbocycles. The van der Waals surface area contributed by atoms with E-state index in [0.29, 0.717) is 17.8 Å². The normalized spacial score (nSPS) is 19.2. The predicted molar refractivity (Wildman–Crippen MR) is 110 cm³/mol. The van der Waals surface area contributed by atoms with Gasteiger partial charge < -0.3 is 9.80 Å². The minimum Gasteiger partial charge on any atom is -0.340 e. The van der Waals surface area contributed by atoms with Crippen LogP contribution in [0.2, 0.25) is 0 Å². The molecule has 1 aliphatic heterocycles. The summed E-state index contributed by atoms with van der Waals surface area (Å²) in [6.45, 7) is 2.06. The SMILES string of the molecule is CC[C@@H]1C(=O)N(C)c2cnc(-n3ncnc3-c3ccccc3)nc2N1C1CCC1. The molecule has 3 heterocycles. The highest BCUT2D eigenvalue weighted by molar-refractivity contribution is 6.04. The van der Waals surface area contributed by atoms with Crippen molar-refractivity contribution in [2.45, 2.75) is 44.7 Å². The fourth-order valence-electron chi connectivity index (χ4n) is 4.13. The van der Waals surface area contributed by atoms with Crippen molar-refractivity contribution in [3.8, 4) is 17.3 Å². The number of aromatic nitrogens is 5. The van der Waals surface area contributed by atoms with E-state index in [1.807, 2.05) is 30.3 Å². The number of anilines is 2. The summed E-state index contributed by atoms with van der Waals surface area (Å²) in [6.07, 6.45) is 7.35. The zero-order valence-electron chi connectivity index (χ0n) is 16.6. The molecule has 1 fully saturated rings. The van der Waals surface area contributed by atoms with Crippen LogP contribution in [0.15, 0.2) is 42.9 Å². The number of amides is 1. The molecule has 2 aromatic heterocycles. The van der Waals surface area contributed by atoms with E-state index in [4.69, 9.17) is 4.98 Å². The number of carbonyl (C=O) groups is 1. The molecule has 1 atom stereocenters. The number of carbonyl (C=O) groups excluding carboxylic acids is 1. The molecule has 29 heavy (non-hydrogen) atoms.